The van der Waals surface area contributed by atoms with E-state index in [2.05, 4.69) is 38.1 Å². The first-order valence-corrected chi connectivity index (χ1v) is 7.92. The topological polar surface area (TPSA) is 40.7 Å². The zero-order chi connectivity index (χ0) is 14.8. The van der Waals surface area contributed by atoms with Gasteiger partial charge in [-0.2, -0.15) is 0 Å². The Morgan fingerprint density at radius 1 is 1.29 bits per heavy atom. The van der Waals surface area contributed by atoms with Crippen LogP contribution in [0.1, 0.15) is 24.4 Å². The minimum Gasteiger partial charge on any atom is -0.341 e. The third-order valence-electron chi connectivity index (χ3n) is 3.43. The highest BCUT2D eigenvalue weighted by atomic mass is 79.9. The van der Waals surface area contributed by atoms with Gasteiger partial charge in [0.2, 0.25) is 0 Å². The molecule has 21 heavy (non-hydrogen) atoms. The number of H-pyrrole nitrogens is 1. The van der Waals surface area contributed by atoms with Gasteiger partial charge in [-0.25, -0.2) is 4.98 Å². The number of fused-ring (bicyclic) bond motifs is 1. The maximum atomic E-state index is 6.23. The molecule has 1 atom stereocenters. The summed E-state index contributed by atoms with van der Waals surface area (Å²) in [5.41, 5.74) is 3.12. The number of imidazole rings is 1. The van der Waals surface area contributed by atoms with Gasteiger partial charge >= 0.3 is 0 Å². The fourth-order valence-corrected chi connectivity index (χ4v) is 2.94. The molecule has 1 heterocycles. The molecule has 0 aliphatic rings. The van der Waals surface area contributed by atoms with Gasteiger partial charge in [0.25, 0.3) is 0 Å². The van der Waals surface area contributed by atoms with E-state index in [1.54, 1.807) is 0 Å². The predicted molar refractivity (Wildman–Crippen MR) is 90.5 cm³/mol. The molecule has 0 radical (unpaired) electrons. The highest BCUT2D eigenvalue weighted by Gasteiger charge is 2.11. The number of hydrogen-bond acceptors (Lipinski definition) is 2. The first-order chi connectivity index (χ1) is 10.1. The van der Waals surface area contributed by atoms with Crippen LogP contribution in [-0.4, -0.2) is 9.97 Å². The second-order valence-corrected chi connectivity index (χ2v) is 6.30. The Hall–Kier alpha value is -1.36. The number of rotatable bonds is 4. The molecule has 0 aliphatic heterocycles. The minimum atomic E-state index is 0.122. The molecule has 1 unspecified atom stereocenters. The van der Waals surface area contributed by atoms with Crippen LogP contribution < -0.4 is 5.32 Å². The predicted octanol–water partition coefficient (Wildman–Crippen LogP) is 4.83. The Labute approximate surface area is 136 Å². The molecule has 3 rings (SSSR count). The average Bonchev–Trinajstić information content (AvgIpc) is 2.90. The first kappa shape index (κ1) is 14.6. The minimum absolute atomic E-state index is 0.122. The smallest absolute Gasteiger partial charge is 0.124 e. The van der Waals surface area contributed by atoms with E-state index < -0.39 is 0 Å². The van der Waals surface area contributed by atoms with Crippen LogP contribution in [0.5, 0.6) is 0 Å². The second-order valence-electron chi connectivity index (χ2n) is 4.98. The zero-order valence-corrected chi connectivity index (χ0v) is 13.9. The molecule has 1 aromatic heterocycles. The molecule has 0 aliphatic carbocycles. The van der Waals surface area contributed by atoms with Crippen molar-refractivity contribution in [1.82, 2.24) is 15.3 Å². The highest BCUT2D eigenvalue weighted by molar-refractivity contribution is 9.10. The fourth-order valence-electron chi connectivity index (χ4n) is 2.20. The van der Waals surface area contributed by atoms with Crippen molar-refractivity contribution in [3.8, 4) is 0 Å². The quantitative estimate of drug-likeness (QED) is 0.696. The molecule has 2 N–H and O–H groups in total. The van der Waals surface area contributed by atoms with Gasteiger partial charge in [-0.3, -0.25) is 0 Å². The Bertz CT molecular complexity index is 736. The summed E-state index contributed by atoms with van der Waals surface area (Å²) in [6, 6.07) is 14.1. The molecule has 108 valence electrons. The highest BCUT2D eigenvalue weighted by Crippen LogP contribution is 2.22. The van der Waals surface area contributed by atoms with Crippen molar-refractivity contribution in [2.75, 3.05) is 0 Å². The van der Waals surface area contributed by atoms with Gasteiger partial charge in [0.05, 0.1) is 17.1 Å². The van der Waals surface area contributed by atoms with Crippen molar-refractivity contribution in [2.45, 2.75) is 19.5 Å². The number of nitrogens with one attached hydrogen (secondary N) is 2. The number of nitrogens with zero attached hydrogens (tertiary/aromatic N) is 1. The third-order valence-corrected chi connectivity index (χ3v) is 4.28. The standard InChI is InChI=1S/C16H15BrClN3/c1-10(16-20-14-4-2-3-5-15(14)21-16)19-9-11-6-7-12(17)8-13(11)18/h2-8,10,19H,9H2,1H3,(H,20,21). The van der Waals surface area contributed by atoms with Crippen molar-refractivity contribution in [2.24, 2.45) is 0 Å². The number of para-hydroxylation sites is 2. The molecule has 3 aromatic rings. The van der Waals surface area contributed by atoms with Gasteiger partial charge < -0.3 is 10.3 Å². The number of halogens is 2. The van der Waals surface area contributed by atoms with Gasteiger partial charge in [-0.1, -0.05) is 45.7 Å². The van der Waals surface area contributed by atoms with Gasteiger partial charge in [0.1, 0.15) is 5.82 Å². The summed E-state index contributed by atoms with van der Waals surface area (Å²) < 4.78 is 0.988. The normalized spacial score (nSPS) is 12.7. The molecule has 0 saturated carbocycles. The van der Waals surface area contributed by atoms with E-state index in [0.29, 0.717) is 6.54 Å². The summed E-state index contributed by atoms with van der Waals surface area (Å²) in [7, 11) is 0. The molecule has 5 heteroatoms. The van der Waals surface area contributed by atoms with Gasteiger partial charge in [-0.15, -0.1) is 0 Å². The second kappa shape index (κ2) is 6.18. The van der Waals surface area contributed by atoms with E-state index in [9.17, 15) is 0 Å². The van der Waals surface area contributed by atoms with Gasteiger partial charge in [-0.05, 0) is 36.8 Å². The van der Waals surface area contributed by atoms with Crippen molar-refractivity contribution in [3.63, 3.8) is 0 Å². The number of hydrogen-bond donors (Lipinski definition) is 2. The Kier molecular flexibility index (Phi) is 4.29. The lowest BCUT2D eigenvalue weighted by Crippen LogP contribution is -2.19. The third kappa shape index (κ3) is 3.28. The maximum absolute atomic E-state index is 6.23. The van der Waals surface area contributed by atoms with E-state index in [4.69, 9.17) is 11.6 Å². The van der Waals surface area contributed by atoms with Crippen LogP contribution in [0.3, 0.4) is 0 Å². The lowest BCUT2D eigenvalue weighted by Gasteiger charge is -2.12. The molecule has 0 fully saturated rings. The maximum Gasteiger partial charge on any atom is 0.124 e. The number of aromatic amines is 1. The summed E-state index contributed by atoms with van der Waals surface area (Å²) in [5, 5.41) is 4.20. The molecule has 0 saturated heterocycles. The van der Waals surface area contributed by atoms with Crippen LogP contribution in [0.25, 0.3) is 11.0 Å². The lowest BCUT2D eigenvalue weighted by atomic mass is 10.2. The number of benzene rings is 2. The van der Waals surface area contributed by atoms with E-state index in [0.717, 1.165) is 31.9 Å². The molecule has 0 amide bonds. The summed E-state index contributed by atoms with van der Waals surface area (Å²) in [6.07, 6.45) is 0. The van der Waals surface area contributed by atoms with E-state index in [-0.39, 0.29) is 6.04 Å². The van der Waals surface area contributed by atoms with Crippen molar-refractivity contribution >= 4 is 38.6 Å². The first-order valence-electron chi connectivity index (χ1n) is 6.75. The van der Waals surface area contributed by atoms with Crippen molar-refractivity contribution < 1.29 is 0 Å². The molecule has 3 nitrogen and oxygen atoms in total. The van der Waals surface area contributed by atoms with Crippen LogP contribution >= 0.6 is 27.5 Å². The molecular weight excluding hydrogens is 350 g/mol. The fraction of sp³-hybridized carbons (Fsp3) is 0.188. The van der Waals surface area contributed by atoms with E-state index >= 15 is 0 Å². The largest absolute Gasteiger partial charge is 0.341 e. The van der Waals surface area contributed by atoms with E-state index in [1.807, 2.05) is 42.5 Å². The summed E-state index contributed by atoms with van der Waals surface area (Å²) >= 11 is 9.64. The Morgan fingerprint density at radius 2 is 2.10 bits per heavy atom. The van der Waals surface area contributed by atoms with Crippen molar-refractivity contribution in [3.05, 3.63) is 63.3 Å². The van der Waals surface area contributed by atoms with Crippen LogP contribution in [0.15, 0.2) is 46.9 Å². The zero-order valence-electron chi connectivity index (χ0n) is 11.5. The van der Waals surface area contributed by atoms with Crippen molar-refractivity contribution in [1.29, 1.82) is 0 Å². The summed E-state index contributed by atoms with van der Waals surface area (Å²) in [5.74, 6) is 0.935. The molecule has 0 bridgehead atoms. The summed E-state index contributed by atoms with van der Waals surface area (Å²) in [6.45, 7) is 2.79. The van der Waals surface area contributed by atoms with Crippen LogP contribution in [0, 0.1) is 0 Å². The van der Waals surface area contributed by atoms with E-state index in [1.165, 1.54) is 0 Å². The summed E-state index contributed by atoms with van der Waals surface area (Å²) in [4.78, 5) is 7.94. The monoisotopic (exact) mass is 363 g/mol. The van der Waals surface area contributed by atoms with Crippen LogP contribution in [-0.2, 0) is 6.54 Å². The van der Waals surface area contributed by atoms with Gasteiger partial charge in [0, 0.05) is 16.0 Å². The Balaban J connectivity index is 1.72. The number of aromatic nitrogens is 2. The van der Waals surface area contributed by atoms with Gasteiger partial charge in [0.15, 0.2) is 0 Å². The molecule has 0 spiro atoms. The molecular formula is C16H15BrClN3. The van der Waals surface area contributed by atoms with Crippen LogP contribution in [0.4, 0.5) is 0 Å². The lowest BCUT2D eigenvalue weighted by molar-refractivity contribution is 0.552. The van der Waals surface area contributed by atoms with Crippen LogP contribution in [0.2, 0.25) is 5.02 Å². The SMILES string of the molecule is CC(NCc1ccc(Br)cc1Cl)c1nc2ccccc2[nH]1. The molecule has 2 aromatic carbocycles. The Morgan fingerprint density at radius 3 is 2.86 bits per heavy atom. The average molecular weight is 365 g/mol.